The first kappa shape index (κ1) is 12.0. The van der Waals surface area contributed by atoms with E-state index < -0.39 is 0 Å². The summed E-state index contributed by atoms with van der Waals surface area (Å²) in [5, 5.41) is 0. The topological polar surface area (TPSA) is 29.5 Å². The number of carbonyl (C=O) groups excluding carboxylic acids is 1. The van der Waals surface area contributed by atoms with Crippen LogP contribution in [-0.4, -0.2) is 30.0 Å². The van der Waals surface area contributed by atoms with Crippen LogP contribution in [0.2, 0.25) is 0 Å². The SMILES string of the molecule is CCN(C(=O)COc1ccc(C)cc1)C1CC1. The van der Waals surface area contributed by atoms with Crippen molar-refractivity contribution in [2.24, 2.45) is 0 Å². The predicted molar refractivity (Wildman–Crippen MR) is 67.1 cm³/mol. The molecule has 1 amide bonds. The zero-order chi connectivity index (χ0) is 12.3. The monoisotopic (exact) mass is 233 g/mol. The summed E-state index contributed by atoms with van der Waals surface area (Å²) in [7, 11) is 0. The molecule has 1 saturated carbocycles. The van der Waals surface area contributed by atoms with Gasteiger partial charge in [-0.2, -0.15) is 0 Å². The van der Waals surface area contributed by atoms with Gasteiger partial charge in [0.2, 0.25) is 0 Å². The molecule has 0 bridgehead atoms. The first-order valence-electron chi connectivity index (χ1n) is 6.19. The molecule has 1 aromatic carbocycles. The van der Waals surface area contributed by atoms with Gasteiger partial charge in [0.25, 0.3) is 5.91 Å². The van der Waals surface area contributed by atoms with Gasteiger partial charge >= 0.3 is 0 Å². The second kappa shape index (κ2) is 5.21. The average molecular weight is 233 g/mol. The van der Waals surface area contributed by atoms with E-state index in [1.165, 1.54) is 5.56 Å². The van der Waals surface area contributed by atoms with Crippen LogP contribution in [0, 0.1) is 6.92 Å². The Kier molecular flexibility index (Phi) is 3.67. The Hall–Kier alpha value is -1.51. The molecule has 0 radical (unpaired) electrons. The maximum atomic E-state index is 11.9. The van der Waals surface area contributed by atoms with Crippen LogP contribution in [0.3, 0.4) is 0 Å². The van der Waals surface area contributed by atoms with Crippen LogP contribution < -0.4 is 4.74 Å². The Morgan fingerprint density at radius 3 is 2.53 bits per heavy atom. The Morgan fingerprint density at radius 2 is 2.00 bits per heavy atom. The number of nitrogens with zero attached hydrogens (tertiary/aromatic N) is 1. The molecule has 0 heterocycles. The molecule has 0 aromatic heterocycles. The van der Waals surface area contributed by atoms with Gasteiger partial charge < -0.3 is 9.64 Å². The van der Waals surface area contributed by atoms with Crippen molar-refractivity contribution in [3.05, 3.63) is 29.8 Å². The van der Waals surface area contributed by atoms with Crippen LogP contribution in [0.1, 0.15) is 25.3 Å². The van der Waals surface area contributed by atoms with Crippen LogP contribution in [0.25, 0.3) is 0 Å². The van der Waals surface area contributed by atoms with Gasteiger partial charge in [-0.25, -0.2) is 0 Å². The quantitative estimate of drug-likeness (QED) is 0.781. The first-order valence-corrected chi connectivity index (χ1v) is 6.19. The highest BCUT2D eigenvalue weighted by atomic mass is 16.5. The second-order valence-electron chi connectivity index (χ2n) is 4.51. The van der Waals surface area contributed by atoms with E-state index in [-0.39, 0.29) is 12.5 Å². The number of likely N-dealkylation sites (N-methyl/N-ethyl adjacent to an activating group) is 1. The Balaban J connectivity index is 1.84. The van der Waals surface area contributed by atoms with Crippen LogP contribution in [-0.2, 0) is 4.79 Å². The molecule has 0 N–H and O–H groups in total. The van der Waals surface area contributed by atoms with E-state index in [1.54, 1.807) is 0 Å². The number of aryl methyl sites for hydroxylation is 1. The van der Waals surface area contributed by atoms with Gasteiger partial charge in [0.05, 0.1) is 0 Å². The van der Waals surface area contributed by atoms with Gasteiger partial charge in [0, 0.05) is 12.6 Å². The molecular formula is C14H19NO2. The highest BCUT2D eigenvalue weighted by Gasteiger charge is 2.31. The minimum atomic E-state index is 0.0931. The van der Waals surface area contributed by atoms with E-state index in [9.17, 15) is 4.79 Å². The third-order valence-corrected chi connectivity index (χ3v) is 3.03. The zero-order valence-corrected chi connectivity index (χ0v) is 10.5. The van der Waals surface area contributed by atoms with Gasteiger partial charge in [0.15, 0.2) is 6.61 Å². The molecule has 0 spiro atoms. The fourth-order valence-corrected chi connectivity index (χ4v) is 1.89. The molecule has 0 unspecified atom stereocenters. The third-order valence-electron chi connectivity index (χ3n) is 3.03. The summed E-state index contributed by atoms with van der Waals surface area (Å²) >= 11 is 0. The fourth-order valence-electron chi connectivity index (χ4n) is 1.89. The second-order valence-corrected chi connectivity index (χ2v) is 4.51. The van der Waals surface area contributed by atoms with Crippen molar-refractivity contribution in [3.8, 4) is 5.75 Å². The lowest BCUT2D eigenvalue weighted by atomic mass is 10.2. The number of benzene rings is 1. The zero-order valence-electron chi connectivity index (χ0n) is 10.5. The van der Waals surface area contributed by atoms with E-state index in [0.29, 0.717) is 6.04 Å². The van der Waals surface area contributed by atoms with Crippen molar-refractivity contribution >= 4 is 5.91 Å². The smallest absolute Gasteiger partial charge is 0.260 e. The normalized spacial score (nSPS) is 14.5. The molecule has 1 fully saturated rings. The van der Waals surface area contributed by atoms with Gasteiger partial charge in [-0.15, -0.1) is 0 Å². The van der Waals surface area contributed by atoms with Crippen LogP contribution in [0.4, 0.5) is 0 Å². The predicted octanol–water partition coefficient (Wildman–Crippen LogP) is 2.38. The Labute approximate surface area is 102 Å². The van der Waals surface area contributed by atoms with E-state index >= 15 is 0 Å². The number of amides is 1. The van der Waals surface area contributed by atoms with Crippen LogP contribution >= 0.6 is 0 Å². The maximum Gasteiger partial charge on any atom is 0.260 e. The molecule has 0 atom stereocenters. The summed E-state index contributed by atoms with van der Waals surface area (Å²) in [6, 6.07) is 8.23. The summed E-state index contributed by atoms with van der Waals surface area (Å²) < 4.78 is 5.49. The van der Waals surface area contributed by atoms with Crippen molar-refractivity contribution < 1.29 is 9.53 Å². The lowest BCUT2D eigenvalue weighted by Gasteiger charge is -2.20. The highest BCUT2D eigenvalue weighted by molar-refractivity contribution is 5.78. The van der Waals surface area contributed by atoms with Crippen molar-refractivity contribution in [2.75, 3.05) is 13.2 Å². The molecule has 0 aliphatic heterocycles. The van der Waals surface area contributed by atoms with Gasteiger partial charge in [-0.1, -0.05) is 17.7 Å². The van der Waals surface area contributed by atoms with Crippen molar-refractivity contribution in [2.45, 2.75) is 32.7 Å². The molecular weight excluding hydrogens is 214 g/mol. The number of hydrogen-bond acceptors (Lipinski definition) is 2. The van der Waals surface area contributed by atoms with E-state index in [2.05, 4.69) is 0 Å². The van der Waals surface area contributed by atoms with E-state index in [0.717, 1.165) is 25.1 Å². The van der Waals surface area contributed by atoms with E-state index in [4.69, 9.17) is 4.74 Å². The Morgan fingerprint density at radius 1 is 1.35 bits per heavy atom. The van der Waals surface area contributed by atoms with Crippen LogP contribution in [0.15, 0.2) is 24.3 Å². The van der Waals surface area contributed by atoms with Crippen molar-refractivity contribution in [1.29, 1.82) is 0 Å². The largest absolute Gasteiger partial charge is 0.484 e. The van der Waals surface area contributed by atoms with Gasteiger partial charge in [-0.3, -0.25) is 4.79 Å². The minimum Gasteiger partial charge on any atom is -0.484 e. The van der Waals surface area contributed by atoms with Gasteiger partial charge in [-0.05, 0) is 38.8 Å². The first-order chi connectivity index (χ1) is 8.20. The minimum absolute atomic E-state index is 0.0931. The molecule has 92 valence electrons. The number of carbonyl (C=O) groups is 1. The third kappa shape index (κ3) is 3.22. The van der Waals surface area contributed by atoms with Crippen molar-refractivity contribution in [1.82, 2.24) is 4.90 Å². The summed E-state index contributed by atoms with van der Waals surface area (Å²) in [5.41, 5.74) is 1.19. The molecule has 1 aliphatic rings. The van der Waals surface area contributed by atoms with Gasteiger partial charge in [0.1, 0.15) is 5.75 Å². The molecule has 17 heavy (non-hydrogen) atoms. The summed E-state index contributed by atoms with van der Waals surface area (Å²) in [6.45, 7) is 4.97. The van der Waals surface area contributed by atoms with Crippen LogP contribution in [0.5, 0.6) is 5.75 Å². The summed E-state index contributed by atoms with van der Waals surface area (Å²) in [6.07, 6.45) is 2.29. The lowest BCUT2D eigenvalue weighted by molar-refractivity contribution is -0.133. The van der Waals surface area contributed by atoms with E-state index in [1.807, 2.05) is 43.0 Å². The molecule has 1 aromatic rings. The average Bonchev–Trinajstić information content (AvgIpc) is 3.14. The molecule has 3 heteroatoms. The highest BCUT2D eigenvalue weighted by Crippen LogP contribution is 2.26. The Bertz CT molecular complexity index is 382. The summed E-state index contributed by atoms with van der Waals surface area (Å²) in [5.74, 6) is 0.853. The number of ether oxygens (including phenoxy) is 1. The number of rotatable bonds is 5. The molecule has 0 saturated heterocycles. The number of hydrogen-bond donors (Lipinski definition) is 0. The molecule has 3 nitrogen and oxygen atoms in total. The van der Waals surface area contributed by atoms with Crippen molar-refractivity contribution in [3.63, 3.8) is 0 Å². The molecule has 2 rings (SSSR count). The molecule has 1 aliphatic carbocycles. The lowest BCUT2D eigenvalue weighted by Crippen LogP contribution is -2.36. The fraction of sp³-hybridized carbons (Fsp3) is 0.500. The standard InChI is InChI=1S/C14H19NO2/c1-3-15(12-6-7-12)14(16)10-17-13-8-4-11(2)5-9-13/h4-5,8-9,12H,3,6-7,10H2,1-2H3. The summed E-state index contributed by atoms with van der Waals surface area (Å²) in [4.78, 5) is 13.8. The maximum absolute atomic E-state index is 11.9.